The van der Waals surface area contributed by atoms with Crippen LogP contribution in [-0.4, -0.2) is 31.2 Å². The van der Waals surface area contributed by atoms with Gasteiger partial charge in [0.1, 0.15) is 23.7 Å². The van der Waals surface area contributed by atoms with Gasteiger partial charge in [0.05, 0.1) is 7.11 Å². The largest absolute Gasteiger partial charge is 0.497 e. The van der Waals surface area contributed by atoms with Gasteiger partial charge >= 0.3 is 0 Å². The summed E-state index contributed by atoms with van der Waals surface area (Å²) in [5.74, 6) is 2.46. The second-order valence-corrected chi connectivity index (χ2v) is 3.77. The van der Waals surface area contributed by atoms with Gasteiger partial charge in [-0.05, 0) is 24.3 Å². The Kier molecular flexibility index (Phi) is 3.62. The van der Waals surface area contributed by atoms with Crippen molar-refractivity contribution in [1.82, 2.24) is 9.97 Å². The van der Waals surface area contributed by atoms with Crippen molar-refractivity contribution in [2.75, 3.05) is 31.4 Å². The molecule has 0 spiro atoms. The number of ether oxygens (including phenoxy) is 1. The van der Waals surface area contributed by atoms with Crippen LogP contribution in [-0.2, 0) is 0 Å². The quantitative estimate of drug-likeness (QED) is 0.894. The van der Waals surface area contributed by atoms with Crippen molar-refractivity contribution >= 4 is 17.3 Å². The number of methoxy groups -OCH3 is 1. The van der Waals surface area contributed by atoms with Gasteiger partial charge in [0.25, 0.3) is 0 Å². The predicted molar refractivity (Wildman–Crippen MR) is 72.6 cm³/mol. The third-order valence-corrected chi connectivity index (χ3v) is 2.71. The molecule has 0 saturated carbocycles. The number of nitrogens with zero attached hydrogens (tertiary/aromatic N) is 3. The third kappa shape index (κ3) is 2.51. The SMILES string of the molecule is CNc1cc(N(C)c2ccc(OC)cc2)ncn1. The standard InChI is InChI=1S/C13H16N4O/c1-14-12-8-13(16-9-15-12)17(2)10-4-6-11(18-3)7-5-10/h4-9H,1-3H3,(H,14,15,16). The van der Waals surface area contributed by atoms with Crippen molar-refractivity contribution in [1.29, 1.82) is 0 Å². The first-order valence-corrected chi connectivity index (χ1v) is 5.62. The Balaban J connectivity index is 2.25. The van der Waals surface area contributed by atoms with Crippen molar-refractivity contribution < 1.29 is 4.74 Å². The van der Waals surface area contributed by atoms with Crippen LogP contribution in [0.25, 0.3) is 0 Å². The molecule has 1 aromatic heterocycles. The highest BCUT2D eigenvalue weighted by atomic mass is 16.5. The van der Waals surface area contributed by atoms with E-state index in [0.29, 0.717) is 0 Å². The van der Waals surface area contributed by atoms with E-state index in [1.54, 1.807) is 13.4 Å². The van der Waals surface area contributed by atoms with Gasteiger partial charge in [0.15, 0.2) is 0 Å². The van der Waals surface area contributed by atoms with Crippen LogP contribution in [0.5, 0.6) is 5.75 Å². The van der Waals surface area contributed by atoms with Gasteiger partial charge in [0, 0.05) is 25.8 Å². The van der Waals surface area contributed by atoms with Crippen LogP contribution in [0, 0.1) is 0 Å². The molecule has 5 heteroatoms. The molecule has 1 N–H and O–H groups in total. The fourth-order valence-electron chi connectivity index (χ4n) is 1.61. The van der Waals surface area contributed by atoms with Gasteiger partial charge in [-0.3, -0.25) is 0 Å². The Labute approximate surface area is 106 Å². The molecule has 0 fully saturated rings. The van der Waals surface area contributed by atoms with Gasteiger partial charge in [-0.15, -0.1) is 0 Å². The summed E-state index contributed by atoms with van der Waals surface area (Å²) in [6, 6.07) is 9.71. The summed E-state index contributed by atoms with van der Waals surface area (Å²) >= 11 is 0. The van der Waals surface area contributed by atoms with Crippen LogP contribution in [0.3, 0.4) is 0 Å². The maximum atomic E-state index is 5.14. The zero-order valence-electron chi connectivity index (χ0n) is 10.7. The molecule has 0 amide bonds. The molecule has 0 radical (unpaired) electrons. The first-order valence-electron chi connectivity index (χ1n) is 5.62. The van der Waals surface area contributed by atoms with Gasteiger partial charge in [0.2, 0.25) is 0 Å². The highest BCUT2D eigenvalue weighted by Gasteiger charge is 2.06. The fourth-order valence-corrected chi connectivity index (χ4v) is 1.61. The van der Waals surface area contributed by atoms with Crippen molar-refractivity contribution in [3.05, 3.63) is 36.7 Å². The van der Waals surface area contributed by atoms with E-state index in [1.165, 1.54) is 0 Å². The molecule has 0 unspecified atom stereocenters. The minimum atomic E-state index is 0.792. The number of hydrogen-bond donors (Lipinski definition) is 1. The number of aromatic nitrogens is 2. The van der Waals surface area contributed by atoms with Crippen LogP contribution in [0.2, 0.25) is 0 Å². The van der Waals surface area contributed by atoms with E-state index in [1.807, 2.05) is 49.3 Å². The first-order chi connectivity index (χ1) is 8.74. The molecule has 18 heavy (non-hydrogen) atoms. The van der Waals surface area contributed by atoms with E-state index in [4.69, 9.17) is 4.74 Å². The first kappa shape index (κ1) is 12.2. The Morgan fingerprint density at radius 1 is 1.17 bits per heavy atom. The van der Waals surface area contributed by atoms with Crippen molar-refractivity contribution in [3.8, 4) is 5.75 Å². The van der Waals surface area contributed by atoms with Crippen molar-refractivity contribution in [2.45, 2.75) is 0 Å². The maximum absolute atomic E-state index is 5.14. The van der Waals surface area contributed by atoms with E-state index in [2.05, 4.69) is 15.3 Å². The number of nitrogens with one attached hydrogen (secondary N) is 1. The molecule has 0 aliphatic carbocycles. The lowest BCUT2D eigenvalue weighted by Gasteiger charge is -2.18. The Morgan fingerprint density at radius 3 is 2.50 bits per heavy atom. The Hall–Kier alpha value is -2.30. The van der Waals surface area contributed by atoms with Crippen molar-refractivity contribution in [3.63, 3.8) is 0 Å². The summed E-state index contributed by atoms with van der Waals surface area (Å²) in [6.07, 6.45) is 1.54. The van der Waals surface area contributed by atoms with E-state index >= 15 is 0 Å². The lowest BCUT2D eigenvalue weighted by Crippen LogP contribution is -2.11. The van der Waals surface area contributed by atoms with E-state index in [9.17, 15) is 0 Å². The minimum absolute atomic E-state index is 0.792. The van der Waals surface area contributed by atoms with E-state index in [0.717, 1.165) is 23.1 Å². The van der Waals surface area contributed by atoms with Gasteiger partial charge in [-0.2, -0.15) is 0 Å². The molecule has 0 aliphatic rings. The summed E-state index contributed by atoms with van der Waals surface area (Å²) in [7, 11) is 5.45. The van der Waals surface area contributed by atoms with Crippen LogP contribution in [0.15, 0.2) is 36.7 Å². The second-order valence-electron chi connectivity index (χ2n) is 3.77. The normalized spacial score (nSPS) is 9.94. The second kappa shape index (κ2) is 5.35. The summed E-state index contributed by atoms with van der Waals surface area (Å²) in [5.41, 5.74) is 1.04. The number of benzene rings is 1. The topological polar surface area (TPSA) is 50.3 Å². The Bertz CT molecular complexity index is 513. The van der Waals surface area contributed by atoms with Crippen molar-refractivity contribution in [2.24, 2.45) is 0 Å². The average molecular weight is 244 g/mol. The van der Waals surface area contributed by atoms with E-state index in [-0.39, 0.29) is 0 Å². The molecule has 94 valence electrons. The smallest absolute Gasteiger partial charge is 0.138 e. The summed E-state index contributed by atoms with van der Waals surface area (Å²) in [4.78, 5) is 10.3. The van der Waals surface area contributed by atoms with Gasteiger partial charge < -0.3 is 15.0 Å². The molecule has 2 rings (SSSR count). The highest BCUT2D eigenvalue weighted by molar-refractivity contribution is 5.62. The fraction of sp³-hybridized carbons (Fsp3) is 0.231. The minimum Gasteiger partial charge on any atom is -0.497 e. The zero-order chi connectivity index (χ0) is 13.0. The molecule has 2 aromatic rings. The summed E-state index contributed by atoms with van der Waals surface area (Å²) in [5, 5.41) is 2.99. The molecule has 1 aromatic carbocycles. The summed E-state index contributed by atoms with van der Waals surface area (Å²) < 4.78 is 5.14. The number of anilines is 3. The number of hydrogen-bond acceptors (Lipinski definition) is 5. The predicted octanol–water partition coefficient (Wildman–Crippen LogP) is 2.29. The maximum Gasteiger partial charge on any atom is 0.138 e. The van der Waals surface area contributed by atoms with Crippen LogP contribution >= 0.6 is 0 Å². The molecule has 0 aliphatic heterocycles. The molecular formula is C13H16N4O. The molecule has 0 atom stereocenters. The lowest BCUT2D eigenvalue weighted by molar-refractivity contribution is 0.415. The third-order valence-electron chi connectivity index (χ3n) is 2.71. The molecule has 5 nitrogen and oxygen atoms in total. The molecule has 1 heterocycles. The van der Waals surface area contributed by atoms with Gasteiger partial charge in [-0.25, -0.2) is 9.97 Å². The number of rotatable bonds is 4. The molecule has 0 saturated heterocycles. The average Bonchev–Trinajstić information content (AvgIpc) is 2.46. The van der Waals surface area contributed by atoms with Crippen LogP contribution in [0.1, 0.15) is 0 Å². The summed E-state index contributed by atoms with van der Waals surface area (Å²) in [6.45, 7) is 0. The lowest BCUT2D eigenvalue weighted by atomic mass is 10.3. The molecular weight excluding hydrogens is 228 g/mol. The molecule has 0 bridgehead atoms. The van der Waals surface area contributed by atoms with Gasteiger partial charge in [-0.1, -0.05) is 0 Å². The highest BCUT2D eigenvalue weighted by Crippen LogP contribution is 2.24. The van der Waals surface area contributed by atoms with E-state index < -0.39 is 0 Å². The zero-order valence-corrected chi connectivity index (χ0v) is 10.7. The van der Waals surface area contributed by atoms with Crippen LogP contribution in [0.4, 0.5) is 17.3 Å². The Morgan fingerprint density at radius 2 is 1.89 bits per heavy atom. The van der Waals surface area contributed by atoms with Crippen LogP contribution < -0.4 is 15.0 Å². The monoisotopic (exact) mass is 244 g/mol.